The fraction of sp³-hybridized carbons (Fsp3) is 0.167. The number of methoxy groups -OCH3 is 1. The highest BCUT2D eigenvalue weighted by molar-refractivity contribution is 5.94. The largest absolute Gasteiger partial charge is 0.488 e. The minimum absolute atomic E-state index is 0.116. The maximum Gasteiger partial charge on any atom is 0.251 e. The van der Waals surface area contributed by atoms with Crippen LogP contribution in [0.25, 0.3) is 16.9 Å². The number of nitrogens with one attached hydrogen (secondary N) is 1. The molecule has 2 aromatic carbocycles. The quantitative estimate of drug-likeness (QED) is 0.509. The number of benzene rings is 2. The number of amides is 1. The molecule has 160 valence electrons. The summed E-state index contributed by atoms with van der Waals surface area (Å²) >= 11 is 0. The first-order chi connectivity index (χ1) is 15.7. The van der Waals surface area contributed by atoms with Crippen molar-refractivity contribution in [1.82, 2.24) is 25.3 Å². The van der Waals surface area contributed by atoms with E-state index >= 15 is 0 Å². The van der Waals surface area contributed by atoms with Gasteiger partial charge in [0.05, 0.1) is 25.0 Å². The molecule has 1 aliphatic heterocycles. The van der Waals surface area contributed by atoms with Crippen LogP contribution < -0.4 is 14.8 Å². The molecule has 1 unspecified atom stereocenters. The van der Waals surface area contributed by atoms with E-state index in [9.17, 15) is 4.79 Å². The minimum Gasteiger partial charge on any atom is -0.488 e. The van der Waals surface area contributed by atoms with Gasteiger partial charge in [-0.3, -0.25) is 4.79 Å². The highest BCUT2D eigenvalue weighted by atomic mass is 16.5. The van der Waals surface area contributed by atoms with Gasteiger partial charge in [-0.25, -0.2) is 4.68 Å². The molecule has 5 rings (SSSR count). The fourth-order valence-corrected chi connectivity index (χ4v) is 3.67. The Kier molecular flexibility index (Phi) is 5.25. The summed E-state index contributed by atoms with van der Waals surface area (Å²) < 4.78 is 12.8. The molecule has 8 nitrogen and oxygen atoms in total. The van der Waals surface area contributed by atoms with Gasteiger partial charge in [-0.15, -0.1) is 10.2 Å². The van der Waals surface area contributed by atoms with Gasteiger partial charge in [-0.05, 0) is 60.2 Å². The van der Waals surface area contributed by atoms with Crippen LogP contribution in [0.5, 0.6) is 11.6 Å². The summed E-state index contributed by atoms with van der Waals surface area (Å²) in [4.78, 5) is 12.5. The van der Waals surface area contributed by atoms with E-state index in [4.69, 9.17) is 9.47 Å². The van der Waals surface area contributed by atoms with Crippen LogP contribution >= 0.6 is 0 Å². The number of hydrogen-bond acceptors (Lipinski definition) is 6. The maximum absolute atomic E-state index is 12.5. The second-order valence-corrected chi connectivity index (χ2v) is 7.43. The number of carbonyl (C=O) groups is 1. The van der Waals surface area contributed by atoms with Crippen LogP contribution in [0, 0.1) is 0 Å². The van der Waals surface area contributed by atoms with Gasteiger partial charge in [-0.1, -0.05) is 0 Å². The Morgan fingerprint density at radius 1 is 1.16 bits per heavy atom. The molecule has 1 atom stereocenters. The predicted molar refractivity (Wildman–Crippen MR) is 118 cm³/mol. The smallest absolute Gasteiger partial charge is 0.251 e. The molecule has 0 saturated heterocycles. The first-order valence-electron chi connectivity index (χ1n) is 10.3. The van der Waals surface area contributed by atoms with Crippen molar-refractivity contribution in [2.24, 2.45) is 0 Å². The highest BCUT2D eigenvalue weighted by Gasteiger charge is 2.24. The van der Waals surface area contributed by atoms with Crippen LogP contribution in [-0.2, 0) is 6.42 Å². The fourth-order valence-electron chi connectivity index (χ4n) is 3.67. The zero-order valence-corrected chi connectivity index (χ0v) is 17.4. The summed E-state index contributed by atoms with van der Waals surface area (Å²) in [5.74, 6) is 1.17. The van der Waals surface area contributed by atoms with Crippen molar-refractivity contribution < 1.29 is 14.3 Å². The lowest BCUT2D eigenvalue weighted by molar-refractivity contribution is 0.0933. The van der Waals surface area contributed by atoms with Crippen LogP contribution in [-0.4, -0.2) is 45.6 Å². The third-order valence-corrected chi connectivity index (χ3v) is 5.34. The Morgan fingerprint density at radius 2 is 2.03 bits per heavy atom. The van der Waals surface area contributed by atoms with Gasteiger partial charge in [-0.2, -0.15) is 5.10 Å². The summed E-state index contributed by atoms with van der Waals surface area (Å²) in [6, 6.07) is 18.8. The van der Waals surface area contributed by atoms with Crippen molar-refractivity contribution in [3.63, 3.8) is 0 Å². The first kappa shape index (κ1) is 19.7. The number of carbonyl (C=O) groups excluding carboxylic acids is 1. The van der Waals surface area contributed by atoms with Crippen molar-refractivity contribution in [2.45, 2.75) is 12.5 Å². The lowest BCUT2D eigenvalue weighted by Crippen LogP contribution is -2.34. The molecule has 1 aliphatic rings. The average Bonchev–Trinajstić information content (AvgIpc) is 3.52. The van der Waals surface area contributed by atoms with Gasteiger partial charge in [0.2, 0.25) is 5.88 Å². The Hall–Kier alpha value is -4.20. The number of rotatable bonds is 6. The van der Waals surface area contributed by atoms with Crippen LogP contribution in [0.2, 0.25) is 0 Å². The zero-order chi connectivity index (χ0) is 21.9. The van der Waals surface area contributed by atoms with Gasteiger partial charge >= 0.3 is 0 Å². The summed E-state index contributed by atoms with van der Waals surface area (Å²) in [5.41, 5.74) is 4.31. The van der Waals surface area contributed by atoms with E-state index in [0.717, 1.165) is 28.3 Å². The number of fused-ring (bicyclic) bond motifs is 1. The highest BCUT2D eigenvalue weighted by Crippen LogP contribution is 2.32. The van der Waals surface area contributed by atoms with E-state index in [1.807, 2.05) is 42.6 Å². The Bertz CT molecular complexity index is 1220. The summed E-state index contributed by atoms with van der Waals surface area (Å²) in [6.45, 7) is 0.423. The first-order valence-corrected chi connectivity index (χ1v) is 10.3. The summed E-state index contributed by atoms with van der Waals surface area (Å²) in [5, 5.41) is 15.4. The molecule has 0 bridgehead atoms. The second-order valence-electron chi connectivity index (χ2n) is 7.43. The van der Waals surface area contributed by atoms with Crippen molar-refractivity contribution in [1.29, 1.82) is 0 Å². The van der Waals surface area contributed by atoms with Crippen molar-refractivity contribution in [3.05, 3.63) is 84.2 Å². The Balaban J connectivity index is 1.19. The SMILES string of the molecule is COc1ccc(-c2ccc3c(c2)CC(CNC(=O)c2ccc(-n4cccn4)cc2)O3)nn1. The number of hydrogen-bond donors (Lipinski definition) is 1. The topological polar surface area (TPSA) is 91.2 Å². The molecule has 0 fully saturated rings. The van der Waals surface area contributed by atoms with E-state index in [0.29, 0.717) is 24.4 Å². The molecule has 1 N–H and O–H groups in total. The molecular weight excluding hydrogens is 406 g/mol. The minimum atomic E-state index is -0.134. The normalized spacial score (nSPS) is 14.5. The van der Waals surface area contributed by atoms with Crippen LogP contribution in [0.3, 0.4) is 0 Å². The van der Waals surface area contributed by atoms with E-state index in [1.54, 1.807) is 36.2 Å². The molecule has 0 radical (unpaired) electrons. The van der Waals surface area contributed by atoms with E-state index in [1.165, 1.54) is 0 Å². The van der Waals surface area contributed by atoms with E-state index < -0.39 is 0 Å². The molecule has 3 heterocycles. The van der Waals surface area contributed by atoms with Crippen LogP contribution in [0.4, 0.5) is 0 Å². The predicted octanol–water partition coefficient (Wildman–Crippen LogP) is 3.07. The average molecular weight is 427 g/mol. The van der Waals surface area contributed by atoms with Crippen LogP contribution in [0.1, 0.15) is 15.9 Å². The van der Waals surface area contributed by atoms with Gasteiger partial charge < -0.3 is 14.8 Å². The standard InChI is InChI=1S/C24H21N5O3/c1-31-23-10-8-21(27-28-23)17-5-9-22-18(13-17)14-20(32-22)15-25-24(30)16-3-6-19(7-4-16)29-12-2-11-26-29/h2-13,20H,14-15H2,1H3,(H,25,30). The molecular formula is C24H21N5O3. The molecule has 0 spiro atoms. The molecule has 4 aromatic rings. The number of aromatic nitrogens is 4. The van der Waals surface area contributed by atoms with Gasteiger partial charge in [0, 0.05) is 36.0 Å². The number of ether oxygens (including phenoxy) is 2. The van der Waals surface area contributed by atoms with Crippen LogP contribution in [0.15, 0.2) is 73.1 Å². The number of nitrogens with zero attached hydrogens (tertiary/aromatic N) is 4. The second kappa shape index (κ2) is 8.50. The maximum atomic E-state index is 12.5. The lowest BCUT2D eigenvalue weighted by atomic mass is 10.0. The van der Waals surface area contributed by atoms with Crippen molar-refractivity contribution >= 4 is 5.91 Å². The third-order valence-electron chi connectivity index (χ3n) is 5.34. The zero-order valence-electron chi connectivity index (χ0n) is 17.4. The summed E-state index contributed by atoms with van der Waals surface area (Å²) in [6.07, 6.45) is 4.17. The molecule has 1 amide bonds. The van der Waals surface area contributed by atoms with E-state index in [-0.39, 0.29) is 12.0 Å². The molecule has 0 saturated carbocycles. The van der Waals surface area contributed by atoms with Crippen molar-refractivity contribution in [3.8, 4) is 28.6 Å². The van der Waals surface area contributed by atoms with Gasteiger partial charge in [0.25, 0.3) is 5.91 Å². The van der Waals surface area contributed by atoms with E-state index in [2.05, 4.69) is 26.7 Å². The molecule has 0 aliphatic carbocycles. The molecule has 8 heteroatoms. The molecule has 32 heavy (non-hydrogen) atoms. The van der Waals surface area contributed by atoms with Gasteiger partial charge in [0.1, 0.15) is 11.9 Å². The third kappa shape index (κ3) is 4.02. The Morgan fingerprint density at radius 3 is 2.75 bits per heavy atom. The monoisotopic (exact) mass is 427 g/mol. The molecule has 2 aromatic heterocycles. The van der Waals surface area contributed by atoms with Crippen molar-refractivity contribution in [2.75, 3.05) is 13.7 Å². The lowest BCUT2D eigenvalue weighted by Gasteiger charge is -2.12. The van der Waals surface area contributed by atoms with Gasteiger partial charge in [0.15, 0.2) is 0 Å². The Labute approximate surface area is 184 Å². The summed E-state index contributed by atoms with van der Waals surface area (Å²) in [7, 11) is 1.56.